The van der Waals surface area contributed by atoms with Gasteiger partial charge in [0, 0.05) is 23.1 Å². The second kappa shape index (κ2) is 7.90. The third kappa shape index (κ3) is 4.21. The van der Waals surface area contributed by atoms with Crippen molar-refractivity contribution in [1.29, 1.82) is 0 Å². The molecule has 0 aliphatic carbocycles. The number of benzene rings is 1. The smallest absolute Gasteiger partial charge is 0.241 e. The zero-order valence-electron chi connectivity index (χ0n) is 13.7. The second-order valence-corrected chi connectivity index (χ2v) is 6.91. The summed E-state index contributed by atoms with van der Waals surface area (Å²) in [6.07, 6.45) is 1.95. The minimum Gasteiger partial charge on any atom is -0.356 e. The molecule has 1 unspecified atom stereocenters. The Balaban J connectivity index is 1.63. The molecule has 0 radical (unpaired) electrons. The van der Waals surface area contributed by atoms with E-state index in [4.69, 9.17) is 4.52 Å². The van der Waals surface area contributed by atoms with Crippen molar-refractivity contribution in [2.75, 3.05) is 19.6 Å². The summed E-state index contributed by atoms with van der Waals surface area (Å²) in [6, 6.07) is 7.81. The van der Waals surface area contributed by atoms with Crippen LogP contribution in [-0.4, -0.2) is 40.6 Å². The highest BCUT2D eigenvalue weighted by atomic mass is 79.9. The monoisotopic (exact) mass is 392 g/mol. The lowest BCUT2D eigenvalue weighted by atomic mass is 9.97. The van der Waals surface area contributed by atoms with Crippen LogP contribution in [0, 0.1) is 5.92 Å². The molecule has 1 aliphatic rings. The third-order valence-electron chi connectivity index (χ3n) is 4.14. The number of amides is 1. The summed E-state index contributed by atoms with van der Waals surface area (Å²) in [5.74, 6) is 1.36. The molecule has 7 heteroatoms. The topological polar surface area (TPSA) is 71.3 Å². The van der Waals surface area contributed by atoms with Crippen molar-refractivity contribution < 1.29 is 9.32 Å². The van der Waals surface area contributed by atoms with Gasteiger partial charge in [-0.15, -0.1) is 0 Å². The first-order valence-corrected chi connectivity index (χ1v) is 9.03. The van der Waals surface area contributed by atoms with Crippen LogP contribution in [0.3, 0.4) is 0 Å². The first-order valence-electron chi connectivity index (χ1n) is 8.24. The highest BCUT2D eigenvalue weighted by molar-refractivity contribution is 9.10. The van der Waals surface area contributed by atoms with Crippen LogP contribution in [0.15, 0.2) is 33.3 Å². The molecule has 1 N–H and O–H groups in total. The molecule has 1 aromatic heterocycles. The van der Waals surface area contributed by atoms with Gasteiger partial charge in [-0.25, -0.2) is 0 Å². The number of aromatic nitrogens is 2. The van der Waals surface area contributed by atoms with Gasteiger partial charge in [0.05, 0.1) is 12.5 Å². The van der Waals surface area contributed by atoms with Crippen LogP contribution in [0.1, 0.15) is 25.7 Å². The van der Waals surface area contributed by atoms with E-state index in [9.17, 15) is 4.79 Å². The van der Waals surface area contributed by atoms with Crippen molar-refractivity contribution in [1.82, 2.24) is 20.4 Å². The summed E-state index contributed by atoms with van der Waals surface area (Å²) < 4.78 is 6.37. The van der Waals surface area contributed by atoms with Crippen LogP contribution >= 0.6 is 15.9 Å². The molecule has 2 aromatic rings. The third-order valence-corrected chi connectivity index (χ3v) is 4.63. The van der Waals surface area contributed by atoms with Crippen LogP contribution in [-0.2, 0) is 11.3 Å². The fraction of sp³-hybridized carbons (Fsp3) is 0.471. The normalized spacial score (nSPS) is 18.5. The minimum absolute atomic E-state index is 0.0474. The van der Waals surface area contributed by atoms with E-state index in [2.05, 4.69) is 36.3 Å². The van der Waals surface area contributed by atoms with E-state index in [0.717, 1.165) is 36.0 Å². The van der Waals surface area contributed by atoms with Crippen LogP contribution in [0.2, 0.25) is 0 Å². The molecule has 0 spiro atoms. The lowest BCUT2D eigenvalue weighted by Crippen LogP contribution is -2.42. The van der Waals surface area contributed by atoms with E-state index in [1.807, 2.05) is 31.2 Å². The van der Waals surface area contributed by atoms with Gasteiger partial charge in [0.1, 0.15) is 0 Å². The molecule has 1 saturated heterocycles. The number of hydrogen-bond donors (Lipinski definition) is 1. The van der Waals surface area contributed by atoms with E-state index in [0.29, 0.717) is 24.8 Å². The number of hydrogen-bond acceptors (Lipinski definition) is 5. The summed E-state index contributed by atoms with van der Waals surface area (Å²) in [6.45, 7) is 4.89. The highest BCUT2D eigenvalue weighted by Gasteiger charge is 2.26. The zero-order valence-corrected chi connectivity index (χ0v) is 15.3. The molecule has 0 saturated carbocycles. The lowest BCUT2D eigenvalue weighted by molar-refractivity contribution is -0.126. The molecule has 1 aliphatic heterocycles. The first-order chi connectivity index (χ1) is 11.7. The summed E-state index contributed by atoms with van der Waals surface area (Å²) >= 11 is 3.45. The average molecular weight is 393 g/mol. The molecule has 1 amide bonds. The van der Waals surface area contributed by atoms with Crippen LogP contribution in [0.5, 0.6) is 0 Å². The molecule has 2 heterocycles. The minimum atomic E-state index is 0.0474. The summed E-state index contributed by atoms with van der Waals surface area (Å²) in [5.41, 5.74) is 0.915. The van der Waals surface area contributed by atoms with Gasteiger partial charge in [0.15, 0.2) is 0 Å². The predicted molar refractivity (Wildman–Crippen MR) is 94.1 cm³/mol. The molecule has 24 heavy (non-hydrogen) atoms. The summed E-state index contributed by atoms with van der Waals surface area (Å²) in [7, 11) is 0. The highest BCUT2D eigenvalue weighted by Crippen LogP contribution is 2.22. The maximum absolute atomic E-state index is 12.0. The number of carbonyl (C=O) groups is 1. The Morgan fingerprint density at radius 2 is 2.38 bits per heavy atom. The van der Waals surface area contributed by atoms with Gasteiger partial charge in [-0.1, -0.05) is 33.2 Å². The Bertz CT molecular complexity index is 703. The fourth-order valence-electron chi connectivity index (χ4n) is 2.99. The fourth-order valence-corrected chi connectivity index (χ4v) is 3.39. The first kappa shape index (κ1) is 17.1. The van der Waals surface area contributed by atoms with Gasteiger partial charge in [0.25, 0.3) is 0 Å². The molecular weight excluding hydrogens is 372 g/mol. The zero-order chi connectivity index (χ0) is 16.9. The van der Waals surface area contributed by atoms with Crippen molar-refractivity contribution in [3.8, 4) is 11.4 Å². The molecule has 6 nitrogen and oxygen atoms in total. The standard InChI is InChI=1S/C17H21BrN4O2/c1-2-19-17(23)13-6-4-8-22(10-13)11-15-20-16(21-24-15)12-5-3-7-14(18)9-12/h3,5,7,9,13H,2,4,6,8,10-11H2,1H3,(H,19,23). The second-order valence-electron chi connectivity index (χ2n) is 5.99. The maximum Gasteiger partial charge on any atom is 0.241 e. The van der Waals surface area contributed by atoms with E-state index in [1.165, 1.54) is 0 Å². The molecule has 3 rings (SSSR count). The average Bonchev–Trinajstić information content (AvgIpc) is 3.04. The van der Waals surface area contributed by atoms with Crippen molar-refractivity contribution >= 4 is 21.8 Å². The van der Waals surface area contributed by atoms with Gasteiger partial charge in [-0.2, -0.15) is 4.98 Å². The van der Waals surface area contributed by atoms with Gasteiger partial charge >= 0.3 is 0 Å². The van der Waals surface area contributed by atoms with Crippen LogP contribution < -0.4 is 5.32 Å². The molecular formula is C17H21BrN4O2. The van der Waals surface area contributed by atoms with Crippen LogP contribution in [0.25, 0.3) is 11.4 Å². The van der Waals surface area contributed by atoms with Gasteiger partial charge in [-0.05, 0) is 38.4 Å². The molecule has 128 valence electrons. The molecule has 0 bridgehead atoms. The Morgan fingerprint density at radius 1 is 1.50 bits per heavy atom. The van der Waals surface area contributed by atoms with E-state index >= 15 is 0 Å². The van der Waals surface area contributed by atoms with Crippen molar-refractivity contribution in [2.45, 2.75) is 26.3 Å². The lowest BCUT2D eigenvalue weighted by Gasteiger charge is -2.30. The Morgan fingerprint density at radius 3 is 3.17 bits per heavy atom. The van der Waals surface area contributed by atoms with Gasteiger partial charge in [0.2, 0.25) is 17.6 Å². The SMILES string of the molecule is CCNC(=O)C1CCCN(Cc2nc(-c3cccc(Br)c3)no2)C1. The Labute approximate surface area is 149 Å². The number of likely N-dealkylation sites (tertiary alicyclic amines) is 1. The molecule has 1 aromatic carbocycles. The summed E-state index contributed by atoms with van der Waals surface area (Å²) in [5, 5.41) is 6.97. The quantitative estimate of drug-likeness (QED) is 0.846. The van der Waals surface area contributed by atoms with E-state index < -0.39 is 0 Å². The Kier molecular flexibility index (Phi) is 5.63. The molecule has 1 fully saturated rings. The number of halogens is 1. The van der Waals surface area contributed by atoms with E-state index in [-0.39, 0.29) is 11.8 Å². The summed E-state index contributed by atoms with van der Waals surface area (Å²) in [4.78, 5) is 18.7. The van der Waals surface area contributed by atoms with Crippen molar-refractivity contribution in [3.63, 3.8) is 0 Å². The Hall–Kier alpha value is -1.73. The number of nitrogens with zero attached hydrogens (tertiary/aromatic N) is 3. The maximum atomic E-state index is 12.0. The number of piperidine rings is 1. The number of carbonyl (C=O) groups excluding carboxylic acids is 1. The van der Waals surface area contributed by atoms with Gasteiger partial charge in [-0.3, -0.25) is 9.69 Å². The number of rotatable bonds is 5. The largest absolute Gasteiger partial charge is 0.356 e. The number of nitrogens with one attached hydrogen (secondary N) is 1. The van der Waals surface area contributed by atoms with Crippen molar-refractivity contribution in [3.05, 3.63) is 34.6 Å². The van der Waals surface area contributed by atoms with Gasteiger partial charge < -0.3 is 9.84 Å². The van der Waals surface area contributed by atoms with E-state index in [1.54, 1.807) is 0 Å². The van der Waals surface area contributed by atoms with Crippen molar-refractivity contribution in [2.24, 2.45) is 5.92 Å². The predicted octanol–water partition coefficient (Wildman–Crippen LogP) is 2.85. The van der Waals surface area contributed by atoms with Crippen LogP contribution in [0.4, 0.5) is 0 Å². The molecule has 1 atom stereocenters.